The standard InChI is InChI=1S/C17H20ClN5/c1-12-19-8-5-16(21-12)22-13-9-14(18)15-10-20-17(23(15)11-13)6-3-2-4-7-17/h5,8-11,20H,2-4,6-7H2,1H3,(H,19,21,22). The molecule has 5 nitrogen and oxygen atoms in total. The summed E-state index contributed by atoms with van der Waals surface area (Å²) >= 11 is 6.51. The third-order valence-corrected chi connectivity index (χ3v) is 5.03. The zero-order valence-electron chi connectivity index (χ0n) is 13.1. The summed E-state index contributed by atoms with van der Waals surface area (Å²) in [6.07, 6.45) is 14.0. The van der Waals surface area contributed by atoms with E-state index in [4.69, 9.17) is 11.6 Å². The molecule has 0 aromatic carbocycles. The number of rotatable bonds is 2. The molecule has 1 saturated carbocycles. The van der Waals surface area contributed by atoms with E-state index in [2.05, 4.69) is 31.7 Å². The Kier molecular flexibility index (Phi) is 3.53. The van der Waals surface area contributed by atoms with Crippen LogP contribution >= 0.6 is 11.6 Å². The number of hydrogen-bond acceptors (Lipinski definition) is 5. The van der Waals surface area contributed by atoms with Gasteiger partial charge in [0.1, 0.15) is 17.3 Å². The summed E-state index contributed by atoms with van der Waals surface area (Å²) in [7, 11) is 0. The number of anilines is 1. The lowest BCUT2D eigenvalue weighted by molar-refractivity contribution is 0.126. The monoisotopic (exact) mass is 329 g/mol. The first kappa shape index (κ1) is 14.6. The van der Waals surface area contributed by atoms with E-state index < -0.39 is 0 Å². The molecular formula is C17H20ClN5. The van der Waals surface area contributed by atoms with E-state index >= 15 is 0 Å². The van der Waals surface area contributed by atoms with Gasteiger partial charge in [-0.2, -0.15) is 0 Å². The quantitative estimate of drug-likeness (QED) is 0.868. The molecule has 0 atom stereocenters. The molecule has 1 aliphatic carbocycles. The molecule has 2 aliphatic heterocycles. The van der Waals surface area contributed by atoms with Gasteiger partial charge in [0.2, 0.25) is 0 Å². The van der Waals surface area contributed by atoms with Crippen molar-refractivity contribution in [2.75, 3.05) is 5.32 Å². The van der Waals surface area contributed by atoms with Crippen molar-refractivity contribution in [3.63, 3.8) is 0 Å². The number of hydrogen-bond donors (Lipinski definition) is 2. The smallest absolute Gasteiger partial charge is 0.134 e. The molecule has 0 amide bonds. The van der Waals surface area contributed by atoms with Crippen molar-refractivity contribution >= 4 is 17.4 Å². The number of halogens is 1. The molecule has 23 heavy (non-hydrogen) atoms. The molecule has 3 aliphatic rings. The predicted molar refractivity (Wildman–Crippen MR) is 91.3 cm³/mol. The van der Waals surface area contributed by atoms with Crippen LogP contribution in [0.4, 0.5) is 5.82 Å². The molecule has 4 rings (SSSR count). The van der Waals surface area contributed by atoms with Crippen molar-refractivity contribution in [2.45, 2.75) is 44.7 Å². The average molecular weight is 330 g/mol. The third kappa shape index (κ3) is 2.59. The zero-order chi connectivity index (χ0) is 15.9. The van der Waals surface area contributed by atoms with Crippen molar-refractivity contribution in [3.8, 4) is 0 Å². The normalized spacial score (nSPS) is 22.0. The van der Waals surface area contributed by atoms with Crippen molar-refractivity contribution in [2.24, 2.45) is 0 Å². The molecule has 0 saturated heterocycles. The number of fused-ring (bicyclic) bond motifs is 2. The van der Waals surface area contributed by atoms with E-state index in [-0.39, 0.29) is 5.66 Å². The topological polar surface area (TPSA) is 53.1 Å². The highest BCUT2D eigenvalue weighted by molar-refractivity contribution is 6.32. The Hall–Kier alpha value is -2.01. The van der Waals surface area contributed by atoms with Crippen LogP contribution < -0.4 is 10.6 Å². The lowest BCUT2D eigenvalue weighted by Crippen LogP contribution is -2.51. The zero-order valence-corrected chi connectivity index (χ0v) is 13.9. The molecule has 1 fully saturated rings. The van der Waals surface area contributed by atoms with Crippen LogP contribution in [0.3, 0.4) is 0 Å². The Morgan fingerprint density at radius 1 is 1.30 bits per heavy atom. The summed E-state index contributed by atoms with van der Waals surface area (Å²) < 4.78 is 0. The lowest BCUT2D eigenvalue weighted by Gasteiger charge is -2.43. The molecule has 6 heteroatoms. The summed E-state index contributed by atoms with van der Waals surface area (Å²) in [4.78, 5) is 10.8. The highest BCUT2D eigenvalue weighted by Crippen LogP contribution is 2.42. The first-order valence-electron chi connectivity index (χ1n) is 8.10. The fourth-order valence-corrected chi connectivity index (χ4v) is 3.86. The minimum absolute atomic E-state index is 0.0174. The van der Waals surface area contributed by atoms with Crippen molar-refractivity contribution in [1.82, 2.24) is 20.2 Å². The van der Waals surface area contributed by atoms with E-state index in [0.29, 0.717) is 0 Å². The first-order chi connectivity index (χ1) is 11.2. The van der Waals surface area contributed by atoms with Gasteiger partial charge < -0.3 is 15.5 Å². The molecule has 0 radical (unpaired) electrons. The highest BCUT2D eigenvalue weighted by atomic mass is 35.5. The molecule has 2 N–H and O–H groups in total. The average Bonchev–Trinajstić information content (AvgIpc) is 2.87. The number of nitrogens with one attached hydrogen (secondary N) is 2. The van der Waals surface area contributed by atoms with E-state index in [1.54, 1.807) is 6.20 Å². The van der Waals surface area contributed by atoms with Crippen LogP contribution in [0, 0.1) is 6.92 Å². The summed E-state index contributed by atoms with van der Waals surface area (Å²) in [5, 5.41) is 7.66. The second-order valence-electron chi connectivity index (χ2n) is 6.33. The highest BCUT2D eigenvalue weighted by Gasteiger charge is 2.43. The molecular weight excluding hydrogens is 310 g/mol. The van der Waals surface area contributed by atoms with E-state index in [1.165, 1.54) is 19.3 Å². The summed E-state index contributed by atoms with van der Waals surface area (Å²) in [6.45, 7) is 1.88. The number of aromatic nitrogens is 2. The minimum atomic E-state index is -0.0174. The molecule has 1 aromatic heterocycles. The van der Waals surface area contributed by atoms with Gasteiger partial charge in [0.05, 0.1) is 16.4 Å². The number of allylic oxidation sites excluding steroid dienone is 2. The van der Waals surface area contributed by atoms with Gasteiger partial charge in [-0.05, 0) is 44.7 Å². The van der Waals surface area contributed by atoms with Gasteiger partial charge >= 0.3 is 0 Å². The Bertz CT molecular complexity index is 715. The maximum atomic E-state index is 6.51. The molecule has 1 aromatic rings. The van der Waals surface area contributed by atoms with Crippen LogP contribution in [-0.2, 0) is 0 Å². The Morgan fingerprint density at radius 3 is 2.91 bits per heavy atom. The molecule has 0 unspecified atom stereocenters. The van der Waals surface area contributed by atoms with Crippen LogP contribution in [0.1, 0.15) is 37.9 Å². The number of nitrogens with zero attached hydrogens (tertiary/aromatic N) is 3. The number of aryl methyl sites for hydroxylation is 1. The van der Waals surface area contributed by atoms with Gasteiger partial charge in [0, 0.05) is 18.6 Å². The molecule has 0 bridgehead atoms. The van der Waals surface area contributed by atoms with Crippen LogP contribution in [-0.4, -0.2) is 20.5 Å². The van der Waals surface area contributed by atoms with Crippen molar-refractivity contribution in [1.29, 1.82) is 0 Å². The van der Waals surface area contributed by atoms with Crippen LogP contribution in [0.25, 0.3) is 0 Å². The Balaban J connectivity index is 1.63. The van der Waals surface area contributed by atoms with E-state index in [0.717, 1.165) is 40.9 Å². The van der Waals surface area contributed by atoms with Gasteiger partial charge in [0.15, 0.2) is 0 Å². The molecule has 120 valence electrons. The second-order valence-corrected chi connectivity index (χ2v) is 6.73. The van der Waals surface area contributed by atoms with Crippen LogP contribution in [0.15, 0.2) is 47.2 Å². The third-order valence-electron chi connectivity index (χ3n) is 4.72. The maximum Gasteiger partial charge on any atom is 0.134 e. The second kappa shape index (κ2) is 5.57. The van der Waals surface area contributed by atoms with Gasteiger partial charge in [-0.25, -0.2) is 9.97 Å². The predicted octanol–water partition coefficient (Wildman–Crippen LogP) is 3.58. The Morgan fingerprint density at radius 2 is 2.13 bits per heavy atom. The summed E-state index contributed by atoms with van der Waals surface area (Å²) in [6, 6.07) is 1.86. The van der Waals surface area contributed by atoms with Crippen molar-refractivity contribution in [3.05, 3.63) is 53.0 Å². The largest absolute Gasteiger partial charge is 0.367 e. The Labute approximate surface area is 141 Å². The minimum Gasteiger partial charge on any atom is -0.367 e. The van der Waals surface area contributed by atoms with Gasteiger partial charge in [-0.1, -0.05) is 18.0 Å². The van der Waals surface area contributed by atoms with E-state index in [9.17, 15) is 0 Å². The van der Waals surface area contributed by atoms with Gasteiger partial charge in [-0.15, -0.1) is 0 Å². The van der Waals surface area contributed by atoms with Crippen LogP contribution in [0.2, 0.25) is 0 Å². The summed E-state index contributed by atoms with van der Waals surface area (Å²) in [5.74, 6) is 1.52. The fraction of sp³-hybridized carbons (Fsp3) is 0.412. The lowest BCUT2D eigenvalue weighted by atomic mass is 9.88. The van der Waals surface area contributed by atoms with E-state index in [1.807, 2.05) is 25.3 Å². The van der Waals surface area contributed by atoms with Gasteiger partial charge in [0.25, 0.3) is 0 Å². The summed E-state index contributed by atoms with van der Waals surface area (Å²) in [5.41, 5.74) is 1.98. The van der Waals surface area contributed by atoms with Crippen molar-refractivity contribution < 1.29 is 0 Å². The molecule has 3 heterocycles. The molecule has 1 spiro atoms. The SMILES string of the molecule is Cc1nccc(NC2=CN3C(=CNC34CCCCC4)C(Cl)=C2)n1. The maximum absolute atomic E-state index is 6.51. The fourth-order valence-electron chi connectivity index (χ4n) is 3.60. The first-order valence-corrected chi connectivity index (χ1v) is 8.47. The van der Waals surface area contributed by atoms with Crippen LogP contribution in [0.5, 0.6) is 0 Å². The van der Waals surface area contributed by atoms with Gasteiger partial charge in [-0.3, -0.25) is 0 Å².